The number of nitrogens with zero attached hydrogens (tertiary/aromatic N) is 3. The second-order valence-electron chi connectivity index (χ2n) is 6.16. The van der Waals surface area contributed by atoms with Crippen molar-refractivity contribution in [3.05, 3.63) is 105 Å². The third-order valence-electron chi connectivity index (χ3n) is 4.42. The monoisotopic (exact) mass is 357 g/mol. The molecule has 0 fully saturated rings. The number of nitro groups is 1. The fourth-order valence-corrected chi connectivity index (χ4v) is 3.09. The van der Waals surface area contributed by atoms with Gasteiger partial charge >= 0.3 is 0 Å². The van der Waals surface area contributed by atoms with Gasteiger partial charge in [0.1, 0.15) is 0 Å². The number of fused-ring (bicyclic) bond motifs is 1. The highest BCUT2D eigenvalue weighted by Gasteiger charge is 2.10. The first-order chi connectivity index (χ1) is 13.1. The Balaban J connectivity index is 1.76. The van der Waals surface area contributed by atoms with Gasteiger partial charge in [0.2, 0.25) is 0 Å². The third kappa shape index (κ3) is 3.32. The lowest BCUT2D eigenvalue weighted by Crippen LogP contribution is -2.23. The molecule has 0 radical (unpaired) electrons. The van der Waals surface area contributed by atoms with E-state index in [2.05, 4.69) is 5.10 Å². The highest BCUT2D eigenvalue weighted by molar-refractivity contribution is 5.85. The van der Waals surface area contributed by atoms with Crippen LogP contribution >= 0.6 is 0 Å². The summed E-state index contributed by atoms with van der Waals surface area (Å²) in [5.74, 6) is 0. The summed E-state index contributed by atoms with van der Waals surface area (Å²) in [6.45, 7) is 0.322. The largest absolute Gasteiger partial charge is 0.270 e. The Bertz CT molecular complexity index is 1210. The molecule has 1 aromatic heterocycles. The van der Waals surface area contributed by atoms with Crippen molar-refractivity contribution in [3.8, 4) is 11.3 Å². The van der Waals surface area contributed by atoms with Crippen molar-refractivity contribution in [2.75, 3.05) is 0 Å². The van der Waals surface area contributed by atoms with Crippen molar-refractivity contribution in [3.63, 3.8) is 0 Å². The van der Waals surface area contributed by atoms with Gasteiger partial charge in [-0.15, -0.1) is 0 Å². The lowest BCUT2D eigenvalue weighted by atomic mass is 10.0. The predicted molar refractivity (Wildman–Crippen MR) is 104 cm³/mol. The van der Waals surface area contributed by atoms with E-state index in [-0.39, 0.29) is 11.2 Å². The smallest absolute Gasteiger partial charge is 0.268 e. The Morgan fingerprint density at radius 3 is 2.56 bits per heavy atom. The van der Waals surface area contributed by atoms with Gasteiger partial charge < -0.3 is 0 Å². The lowest BCUT2D eigenvalue weighted by Gasteiger charge is -2.10. The molecule has 6 nitrogen and oxygen atoms in total. The van der Waals surface area contributed by atoms with Crippen LogP contribution in [-0.2, 0) is 6.54 Å². The van der Waals surface area contributed by atoms with E-state index in [0.29, 0.717) is 17.8 Å². The van der Waals surface area contributed by atoms with Gasteiger partial charge in [0, 0.05) is 23.8 Å². The Hall–Kier alpha value is -3.80. The fourth-order valence-electron chi connectivity index (χ4n) is 3.09. The van der Waals surface area contributed by atoms with Crippen molar-refractivity contribution in [1.82, 2.24) is 9.78 Å². The van der Waals surface area contributed by atoms with Gasteiger partial charge in [-0.3, -0.25) is 14.9 Å². The molecule has 0 N–H and O–H groups in total. The lowest BCUT2D eigenvalue weighted by molar-refractivity contribution is -0.384. The van der Waals surface area contributed by atoms with Gasteiger partial charge in [0.15, 0.2) is 0 Å². The van der Waals surface area contributed by atoms with Gasteiger partial charge in [0.05, 0.1) is 17.2 Å². The first kappa shape index (κ1) is 16.7. The highest BCUT2D eigenvalue weighted by atomic mass is 16.6. The van der Waals surface area contributed by atoms with E-state index >= 15 is 0 Å². The van der Waals surface area contributed by atoms with Crippen molar-refractivity contribution in [2.45, 2.75) is 6.54 Å². The fraction of sp³-hybridized carbons (Fsp3) is 0.0476. The molecule has 1 heterocycles. The zero-order valence-electron chi connectivity index (χ0n) is 14.3. The molecule has 6 heteroatoms. The summed E-state index contributed by atoms with van der Waals surface area (Å²) in [5.41, 5.74) is 1.85. The summed E-state index contributed by atoms with van der Waals surface area (Å²) in [5, 5.41) is 17.6. The van der Waals surface area contributed by atoms with Crippen LogP contribution in [0.2, 0.25) is 0 Å². The molecule has 0 saturated carbocycles. The van der Waals surface area contributed by atoms with Crippen LogP contribution in [0.3, 0.4) is 0 Å². The summed E-state index contributed by atoms with van der Waals surface area (Å²) in [6, 6.07) is 23.2. The summed E-state index contributed by atoms with van der Waals surface area (Å²) in [6.07, 6.45) is 0. The molecule has 0 atom stereocenters. The van der Waals surface area contributed by atoms with Crippen LogP contribution < -0.4 is 5.56 Å². The number of hydrogen-bond donors (Lipinski definition) is 0. The predicted octanol–water partition coefficient (Wildman–Crippen LogP) is 4.02. The second-order valence-corrected chi connectivity index (χ2v) is 6.16. The SMILES string of the molecule is O=c1ccc(-c2cccc([N+](=O)[O-])c2)nn1Cc1cccc2ccccc12. The average molecular weight is 357 g/mol. The summed E-state index contributed by atoms with van der Waals surface area (Å²) >= 11 is 0. The van der Waals surface area contributed by atoms with Crippen LogP contribution in [0.4, 0.5) is 5.69 Å². The molecule has 0 aliphatic rings. The quantitative estimate of drug-likeness (QED) is 0.408. The zero-order chi connectivity index (χ0) is 18.8. The Morgan fingerprint density at radius 1 is 0.926 bits per heavy atom. The summed E-state index contributed by atoms with van der Waals surface area (Å²) < 4.78 is 1.38. The Morgan fingerprint density at radius 2 is 1.70 bits per heavy atom. The molecule has 132 valence electrons. The summed E-state index contributed by atoms with van der Waals surface area (Å²) in [4.78, 5) is 22.9. The molecule has 0 aliphatic heterocycles. The minimum Gasteiger partial charge on any atom is -0.268 e. The van der Waals surface area contributed by atoms with Crippen molar-refractivity contribution in [1.29, 1.82) is 0 Å². The molecule has 3 aromatic carbocycles. The average Bonchev–Trinajstić information content (AvgIpc) is 2.70. The standard InChI is InChI=1S/C21H15N3O3/c25-21-12-11-20(16-7-4-9-18(13-16)24(26)27)22-23(21)14-17-8-3-6-15-5-1-2-10-19(15)17/h1-13H,14H2. The minimum atomic E-state index is -0.449. The molecule has 0 amide bonds. The normalized spacial score (nSPS) is 10.8. The first-order valence-electron chi connectivity index (χ1n) is 8.41. The van der Waals surface area contributed by atoms with Crippen LogP contribution in [0, 0.1) is 10.1 Å². The minimum absolute atomic E-state index is 0.0129. The van der Waals surface area contributed by atoms with Crippen LogP contribution in [-0.4, -0.2) is 14.7 Å². The van der Waals surface area contributed by atoms with Crippen LogP contribution in [0.15, 0.2) is 83.7 Å². The number of rotatable bonds is 4. The molecule has 0 bridgehead atoms. The molecule has 0 unspecified atom stereocenters. The van der Waals surface area contributed by atoms with Gasteiger partial charge in [-0.1, -0.05) is 54.6 Å². The maximum Gasteiger partial charge on any atom is 0.270 e. The third-order valence-corrected chi connectivity index (χ3v) is 4.42. The Kier molecular flexibility index (Phi) is 4.22. The molecule has 4 rings (SSSR count). The van der Waals surface area contributed by atoms with Gasteiger partial charge in [-0.2, -0.15) is 5.10 Å². The van der Waals surface area contributed by atoms with Crippen LogP contribution in [0.5, 0.6) is 0 Å². The molecule has 0 aliphatic carbocycles. The molecule has 4 aromatic rings. The molecule has 27 heavy (non-hydrogen) atoms. The molecular formula is C21H15N3O3. The van der Waals surface area contributed by atoms with Gasteiger partial charge in [-0.25, -0.2) is 4.68 Å². The maximum absolute atomic E-state index is 12.3. The van der Waals surface area contributed by atoms with E-state index in [1.165, 1.54) is 22.9 Å². The summed E-state index contributed by atoms with van der Waals surface area (Å²) in [7, 11) is 0. The number of benzene rings is 3. The van der Waals surface area contributed by atoms with E-state index < -0.39 is 4.92 Å². The molecule has 0 spiro atoms. The zero-order valence-corrected chi connectivity index (χ0v) is 14.3. The van der Waals surface area contributed by atoms with E-state index in [9.17, 15) is 14.9 Å². The molecule has 0 saturated heterocycles. The van der Waals surface area contributed by atoms with Crippen LogP contribution in [0.25, 0.3) is 22.0 Å². The van der Waals surface area contributed by atoms with E-state index in [4.69, 9.17) is 0 Å². The number of hydrogen-bond acceptors (Lipinski definition) is 4. The molecular weight excluding hydrogens is 342 g/mol. The first-order valence-corrected chi connectivity index (χ1v) is 8.41. The topological polar surface area (TPSA) is 78.0 Å². The van der Waals surface area contributed by atoms with Gasteiger partial charge in [0.25, 0.3) is 11.2 Å². The van der Waals surface area contributed by atoms with E-state index in [1.54, 1.807) is 18.2 Å². The number of aromatic nitrogens is 2. The Labute approximate surface area is 154 Å². The van der Waals surface area contributed by atoms with Crippen molar-refractivity contribution >= 4 is 16.5 Å². The van der Waals surface area contributed by atoms with E-state index in [0.717, 1.165) is 16.3 Å². The van der Waals surface area contributed by atoms with Crippen LogP contribution in [0.1, 0.15) is 5.56 Å². The highest BCUT2D eigenvalue weighted by Crippen LogP contribution is 2.22. The van der Waals surface area contributed by atoms with Gasteiger partial charge in [-0.05, 0) is 22.4 Å². The number of non-ortho nitro benzene ring substituents is 1. The number of nitro benzene ring substituents is 1. The maximum atomic E-state index is 12.3. The second kappa shape index (κ2) is 6.84. The van der Waals surface area contributed by atoms with Crippen molar-refractivity contribution in [2.24, 2.45) is 0 Å². The van der Waals surface area contributed by atoms with Crippen molar-refractivity contribution < 1.29 is 4.92 Å². The van der Waals surface area contributed by atoms with E-state index in [1.807, 2.05) is 42.5 Å².